The lowest BCUT2D eigenvalue weighted by molar-refractivity contribution is 1.30. The standard InChI is InChI=1S/C68H47N/c1-7-23-48(24-8-1)55-43-46-57(63(47-55)51-29-13-4-14-30-51)52-41-44-56(45-42-52)69(68-58(49-25-9-2-10-26-49)37-21-38-59(68)50-27-11-3-12-28-50)64-40-22-39-62-60-35-19-20-36-61(60)65(53-31-15-5-16-32-53)66(67(62)64)54-33-17-6-18-34-54/h1-47H. The zero-order chi connectivity index (χ0) is 45.9. The van der Waals surface area contributed by atoms with Gasteiger partial charge in [-0.1, -0.05) is 261 Å². The molecule has 0 fully saturated rings. The third kappa shape index (κ3) is 7.76. The smallest absolute Gasteiger partial charge is 0.0618 e. The number of benzene rings is 12. The monoisotopic (exact) mass is 877 g/mol. The van der Waals surface area contributed by atoms with E-state index in [2.05, 4.69) is 290 Å². The average Bonchev–Trinajstić information content (AvgIpc) is 3.44. The van der Waals surface area contributed by atoms with E-state index in [0.717, 1.165) is 44.9 Å². The van der Waals surface area contributed by atoms with Gasteiger partial charge in [0.05, 0.1) is 11.4 Å². The minimum atomic E-state index is 1.06. The highest BCUT2D eigenvalue weighted by molar-refractivity contribution is 6.25. The molecule has 0 aromatic heterocycles. The molecule has 0 N–H and O–H groups in total. The maximum Gasteiger partial charge on any atom is 0.0618 e. The summed E-state index contributed by atoms with van der Waals surface area (Å²) in [6, 6.07) is 104. The molecule has 0 atom stereocenters. The van der Waals surface area contributed by atoms with E-state index in [1.165, 1.54) is 71.6 Å². The van der Waals surface area contributed by atoms with Crippen molar-refractivity contribution in [3.63, 3.8) is 0 Å². The molecule has 1 nitrogen and oxygen atoms in total. The molecule has 0 aliphatic carbocycles. The largest absolute Gasteiger partial charge is 0.309 e. The van der Waals surface area contributed by atoms with E-state index in [0.29, 0.717) is 0 Å². The van der Waals surface area contributed by atoms with Gasteiger partial charge in [-0.3, -0.25) is 0 Å². The zero-order valence-corrected chi connectivity index (χ0v) is 38.1. The van der Waals surface area contributed by atoms with E-state index in [-0.39, 0.29) is 0 Å². The number of anilines is 3. The summed E-state index contributed by atoms with van der Waals surface area (Å²) in [6.07, 6.45) is 0. The first-order valence-electron chi connectivity index (χ1n) is 23.8. The van der Waals surface area contributed by atoms with Crippen LogP contribution in [0.1, 0.15) is 0 Å². The fraction of sp³-hybridized carbons (Fsp3) is 0. The molecule has 12 aromatic carbocycles. The van der Waals surface area contributed by atoms with Gasteiger partial charge in [-0.25, -0.2) is 0 Å². The third-order valence-corrected chi connectivity index (χ3v) is 13.5. The number of hydrogen-bond acceptors (Lipinski definition) is 1. The van der Waals surface area contributed by atoms with Crippen LogP contribution in [-0.4, -0.2) is 0 Å². The van der Waals surface area contributed by atoms with Crippen molar-refractivity contribution in [2.75, 3.05) is 4.90 Å². The first-order chi connectivity index (χ1) is 34.3. The predicted octanol–water partition coefficient (Wildman–Crippen LogP) is 19.1. The quantitative estimate of drug-likeness (QED) is 0.124. The molecule has 12 rings (SSSR count). The highest BCUT2D eigenvalue weighted by Crippen LogP contribution is 2.53. The Kier molecular flexibility index (Phi) is 11.0. The first kappa shape index (κ1) is 41.4. The number of nitrogens with zero attached hydrogens (tertiary/aromatic N) is 1. The van der Waals surface area contributed by atoms with E-state index in [1.807, 2.05) is 0 Å². The normalized spacial score (nSPS) is 11.2. The van der Waals surface area contributed by atoms with Gasteiger partial charge in [0.25, 0.3) is 0 Å². The molecule has 324 valence electrons. The summed E-state index contributed by atoms with van der Waals surface area (Å²) in [5.74, 6) is 0. The van der Waals surface area contributed by atoms with Crippen LogP contribution in [0, 0.1) is 0 Å². The van der Waals surface area contributed by atoms with Crippen LogP contribution in [0.25, 0.3) is 99.4 Å². The van der Waals surface area contributed by atoms with E-state index in [4.69, 9.17) is 0 Å². The van der Waals surface area contributed by atoms with Crippen molar-refractivity contribution in [3.05, 3.63) is 285 Å². The van der Waals surface area contributed by atoms with Gasteiger partial charge in [-0.05, 0) is 102 Å². The maximum atomic E-state index is 2.55. The Morgan fingerprint density at radius 2 is 0.623 bits per heavy atom. The van der Waals surface area contributed by atoms with Crippen LogP contribution < -0.4 is 4.90 Å². The van der Waals surface area contributed by atoms with E-state index >= 15 is 0 Å². The van der Waals surface area contributed by atoms with Gasteiger partial charge in [0.15, 0.2) is 0 Å². The van der Waals surface area contributed by atoms with Crippen molar-refractivity contribution >= 4 is 38.6 Å². The molecule has 0 radical (unpaired) electrons. The second-order valence-electron chi connectivity index (χ2n) is 17.5. The third-order valence-electron chi connectivity index (χ3n) is 13.5. The summed E-state index contributed by atoms with van der Waals surface area (Å²) in [5.41, 5.74) is 19.7. The summed E-state index contributed by atoms with van der Waals surface area (Å²) >= 11 is 0. The molecular formula is C68H47N. The molecule has 12 aromatic rings. The van der Waals surface area contributed by atoms with Crippen LogP contribution >= 0.6 is 0 Å². The van der Waals surface area contributed by atoms with Crippen molar-refractivity contribution < 1.29 is 0 Å². The predicted molar refractivity (Wildman–Crippen MR) is 294 cm³/mol. The van der Waals surface area contributed by atoms with Crippen LogP contribution in [0.3, 0.4) is 0 Å². The van der Waals surface area contributed by atoms with Crippen molar-refractivity contribution in [1.29, 1.82) is 0 Å². The van der Waals surface area contributed by atoms with Gasteiger partial charge in [0, 0.05) is 27.8 Å². The van der Waals surface area contributed by atoms with E-state index in [1.54, 1.807) is 0 Å². The van der Waals surface area contributed by atoms with Gasteiger partial charge in [-0.15, -0.1) is 0 Å². The summed E-state index contributed by atoms with van der Waals surface area (Å²) in [6.45, 7) is 0. The Bertz CT molecular complexity index is 3660. The van der Waals surface area contributed by atoms with Crippen LogP contribution in [-0.2, 0) is 0 Å². The Labute approximate surface area is 404 Å². The highest BCUT2D eigenvalue weighted by Gasteiger charge is 2.27. The number of para-hydroxylation sites is 1. The lowest BCUT2D eigenvalue weighted by atomic mass is 9.84. The number of rotatable bonds is 10. The molecule has 0 unspecified atom stereocenters. The van der Waals surface area contributed by atoms with Gasteiger partial charge in [-0.2, -0.15) is 0 Å². The van der Waals surface area contributed by atoms with Crippen LogP contribution in [0.2, 0.25) is 0 Å². The van der Waals surface area contributed by atoms with Crippen molar-refractivity contribution in [1.82, 2.24) is 0 Å². The minimum Gasteiger partial charge on any atom is -0.309 e. The lowest BCUT2D eigenvalue weighted by Gasteiger charge is -2.33. The second-order valence-corrected chi connectivity index (χ2v) is 17.5. The molecule has 0 saturated heterocycles. The maximum absolute atomic E-state index is 2.55. The van der Waals surface area contributed by atoms with Crippen LogP contribution in [0.5, 0.6) is 0 Å². The Balaban J connectivity index is 1.17. The number of hydrogen-bond donors (Lipinski definition) is 0. The summed E-state index contributed by atoms with van der Waals surface area (Å²) in [5, 5.41) is 4.84. The summed E-state index contributed by atoms with van der Waals surface area (Å²) in [4.78, 5) is 2.55. The Morgan fingerprint density at radius 3 is 1.17 bits per heavy atom. The molecular weight excluding hydrogens is 831 g/mol. The first-order valence-corrected chi connectivity index (χ1v) is 23.8. The molecule has 0 aliphatic rings. The SMILES string of the molecule is c1ccc(-c2ccc(-c3ccc(N(c4c(-c5ccccc5)cccc4-c4ccccc4)c4cccc5c4c(-c4ccccc4)c(-c4ccccc4)c4ccccc45)cc3)c(-c3ccccc3)c2)cc1. The molecule has 1 heteroatoms. The fourth-order valence-electron chi connectivity index (χ4n) is 10.3. The zero-order valence-electron chi connectivity index (χ0n) is 38.1. The van der Waals surface area contributed by atoms with E-state index in [9.17, 15) is 0 Å². The topological polar surface area (TPSA) is 3.24 Å². The van der Waals surface area contributed by atoms with Crippen molar-refractivity contribution in [2.24, 2.45) is 0 Å². The average molecular weight is 878 g/mol. The van der Waals surface area contributed by atoms with Gasteiger partial charge < -0.3 is 4.90 Å². The number of fused-ring (bicyclic) bond motifs is 3. The molecule has 0 heterocycles. The fourth-order valence-corrected chi connectivity index (χ4v) is 10.3. The van der Waals surface area contributed by atoms with Gasteiger partial charge in [0.2, 0.25) is 0 Å². The van der Waals surface area contributed by atoms with Crippen LogP contribution in [0.15, 0.2) is 285 Å². The molecule has 69 heavy (non-hydrogen) atoms. The highest BCUT2D eigenvalue weighted by atomic mass is 15.1. The Hall–Kier alpha value is -9.04. The summed E-state index contributed by atoms with van der Waals surface area (Å²) in [7, 11) is 0. The van der Waals surface area contributed by atoms with E-state index < -0.39 is 0 Å². The summed E-state index contributed by atoms with van der Waals surface area (Å²) < 4.78 is 0. The van der Waals surface area contributed by atoms with Crippen molar-refractivity contribution in [2.45, 2.75) is 0 Å². The molecule has 0 saturated carbocycles. The second kappa shape index (κ2) is 18.3. The molecule has 0 spiro atoms. The minimum absolute atomic E-state index is 1.06. The molecule has 0 bridgehead atoms. The lowest BCUT2D eigenvalue weighted by Crippen LogP contribution is -2.14. The van der Waals surface area contributed by atoms with Crippen LogP contribution in [0.4, 0.5) is 17.1 Å². The Morgan fingerprint density at radius 1 is 0.217 bits per heavy atom. The van der Waals surface area contributed by atoms with Crippen molar-refractivity contribution in [3.8, 4) is 77.9 Å². The van der Waals surface area contributed by atoms with Gasteiger partial charge >= 0.3 is 0 Å². The van der Waals surface area contributed by atoms with Gasteiger partial charge in [0.1, 0.15) is 0 Å². The molecule has 0 aliphatic heterocycles. The molecule has 0 amide bonds.